The normalized spacial score (nSPS) is 17.8. The summed E-state index contributed by atoms with van der Waals surface area (Å²) < 4.78 is 0. The molecule has 1 saturated heterocycles. The van der Waals surface area contributed by atoms with Gasteiger partial charge in [-0.25, -0.2) is 0 Å². The molecule has 2 rings (SSSR count). The molecule has 0 atom stereocenters. The second-order valence-corrected chi connectivity index (χ2v) is 7.18. The summed E-state index contributed by atoms with van der Waals surface area (Å²) in [4.78, 5) is 2.41. The van der Waals surface area contributed by atoms with Crippen LogP contribution in [0.4, 0.5) is 5.69 Å². The van der Waals surface area contributed by atoms with E-state index in [9.17, 15) is 0 Å². The highest BCUT2D eigenvalue weighted by Crippen LogP contribution is 2.38. The highest BCUT2D eigenvalue weighted by atomic mass is 35.5. The molecule has 1 aromatic carbocycles. The maximum Gasteiger partial charge on any atom is 0.0642 e. The Balaban J connectivity index is 2.14. The Labute approximate surface area is 126 Å². The van der Waals surface area contributed by atoms with Crippen molar-refractivity contribution in [1.29, 1.82) is 0 Å². The van der Waals surface area contributed by atoms with Crippen molar-refractivity contribution in [3.05, 3.63) is 28.8 Å². The Hall–Kier alpha value is -0.400. The molecule has 1 aliphatic heterocycles. The van der Waals surface area contributed by atoms with Gasteiger partial charge in [0.2, 0.25) is 0 Å². The zero-order chi connectivity index (χ0) is 14.0. The van der Waals surface area contributed by atoms with Gasteiger partial charge < -0.3 is 4.90 Å². The molecule has 0 aromatic heterocycles. The van der Waals surface area contributed by atoms with E-state index in [1.165, 1.54) is 12.8 Å². The summed E-state index contributed by atoms with van der Waals surface area (Å²) in [7, 11) is 0. The van der Waals surface area contributed by atoms with Crippen LogP contribution in [0, 0.1) is 11.3 Å². The molecule has 1 aromatic rings. The number of nitrogens with zero attached hydrogens (tertiary/aromatic N) is 1. The average molecular weight is 300 g/mol. The number of rotatable bonds is 2. The third kappa shape index (κ3) is 3.38. The van der Waals surface area contributed by atoms with Crippen LogP contribution in [-0.4, -0.2) is 13.1 Å². The molecule has 106 valence electrons. The minimum absolute atomic E-state index is 0.405. The van der Waals surface area contributed by atoms with E-state index < -0.39 is 0 Å². The predicted molar refractivity (Wildman–Crippen MR) is 85.4 cm³/mol. The summed E-state index contributed by atoms with van der Waals surface area (Å²) >= 11 is 12.4. The summed E-state index contributed by atoms with van der Waals surface area (Å²) in [6.07, 6.45) is 2.47. The van der Waals surface area contributed by atoms with Gasteiger partial charge in [0, 0.05) is 19.0 Å². The van der Waals surface area contributed by atoms with Crippen molar-refractivity contribution >= 4 is 28.9 Å². The first-order valence-corrected chi connectivity index (χ1v) is 7.93. The number of alkyl halides is 1. The molecule has 0 aliphatic carbocycles. The molecule has 0 bridgehead atoms. The highest BCUT2D eigenvalue weighted by Gasteiger charge is 2.29. The third-order valence-corrected chi connectivity index (χ3v) is 4.84. The number of piperidine rings is 1. The molecule has 1 aliphatic rings. The van der Waals surface area contributed by atoms with Gasteiger partial charge in [-0.15, -0.1) is 11.6 Å². The molecule has 0 radical (unpaired) electrons. The smallest absolute Gasteiger partial charge is 0.0642 e. The Kier molecular flexibility index (Phi) is 4.68. The second kappa shape index (κ2) is 5.93. The number of anilines is 1. The summed E-state index contributed by atoms with van der Waals surface area (Å²) in [6, 6.07) is 6.01. The molecule has 1 nitrogen and oxygen atoms in total. The number of hydrogen-bond acceptors (Lipinski definition) is 1. The van der Waals surface area contributed by atoms with Gasteiger partial charge in [-0.2, -0.15) is 0 Å². The molecule has 0 N–H and O–H groups in total. The van der Waals surface area contributed by atoms with Crippen LogP contribution in [-0.2, 0) is 5.88 Å². The van der Waals surface area contributed by atoms with Gasteiger partial charge in [0.05, 0.1) is 10.7 Å². The van der Waals surface area contributed by atoms with E-state index in [1.807, 2.05) is 12.1 Å². The van der Waals surface area contributed by atoms with Crippen molar-refractivity contribution in [3.8, 4) is 0 Å². The molecule has 0 saturated carbocycles. The van der Waals surface area contributed by atoms with Crippen molar-refractivity contribution in [3.63, 3.8) is 0 Å². The summed E-state index contributed by atoms with van der Waals surface area (Å²) in [6.45, 7) is 9.18. The van der Waals surface area contributed by atoms with Gasteiger partial charge in [-0.3, -0.25) is 0 Å². The molecule has 1 fully saturated rings. The number of benzene rings is 1. The summed E-state index contributed by atoms with van der Waals surface area (Å²) in [5.74, 6) is 1.32. The van der Waals surface area contributed by atoms with Crippen LogP contribution in [0.25, 0.3) is 0 Å². The van der Waals surface area contributed by atoms with Crippen molar-refractivity contribution in [1.82, 2.24) is 0 Å². The number of para-hydroxylation sites is 1. The van der Waals surface area contributed by atoms with E-state index in [-0.39, 0.29) is 0 Å². The molecule has 3 heteroatoms. The van der Waals surface area contributed by atoms with Crippen LogP contribution < -0.4 is 4.90 Å². The van der Waals surface area contributed by atoms with Crippen LogP contribution in [0.15, 0.2) is 18.2 Å². The third-order valence-electron chi connectivity index (χ3n) is 4.25. The zero-order valence-corrected chi connectivity index (χ0v) is 13.6. The van der Waals surface area contributed by atoms with Crippen molar-refractivity contribution in [2.75, 3.05) is 18.0 Å². The monoisotopic (exact) mass is 299 g/mol. The minimum atomic E-state index is 0.405. The lowest BCUT2D eigenvalue weighted by molar-refractivity contribution is 0.199. The predicted octanol–water partition coefficient (Wildman–Crippen LogP) is 5.34. The van der Waals surface area contributed by atoms with Crippen LogP contribution in [0.1, 0.15) is 39.2 Å². The van der Waals surface area contributed by atoms with E-state index in [0.717, 1.165) is 35.3 Å². The van der Waals surface area contributed by atoms with Crippen LogP contribution in [0.3, 0.4) is 0 Å². The Bertz CT molecular complexity index is 429. The maximum atomic E-state index is 6.37. The molecule has 0 spiro atoms. The van der Waals surface area contributed by atoms with Crippen LogP contribution in [0.2, 0.25) is 5.02 Å². The first kappa shape index (κ1) is 15.0. The van der Waals surface area contributed by atoms with E-state index in [0.29, 0.717) is 11.3 Å². The van der Waals surface area contributed by atoms with Crippen molar-refractivity contribution in [2.24, 2.45) is 11.3 Å². The van der Waals surface area contributed by atoms with Gasteiger partial charge in [0.1, 0.15) is 0 Å². The molecular formula is C16H23Cl2N. The van der Waals surface area contributed by atoms with E-state index in [1.54, 1.807) is 0 Å². The summed E-state index contributed by atoms with van der Waals surface area (Å²) in [5, 5.41) is 0.826. The zero-order valence-electron chi connectivity index (χ0n) is 12.0. The molecular weight excluding hydrogens is 277 g/mol. The van der Waals surface area contributed by atoms with Gasteiger partial charge in [-0.1, -0.05) is 44.5 Å². The number of halogens is 2. The summed E-state index contributed by atoms with van der Waals surface area (Å²) in [5.41, 5.74) is 2.69. The minimum Gasteiger partial charge on any atom is -0.370 e. The van der Waals surface area contributed by atoms with Crippen LogP contribution >= 0.6 is 23.2 Å². The van der Waals surface area contributed by atoms with E-state index in [4.69, 9.17) is 23.2 Å². The lowest BCUT2D eigenvalue weighted by atomic mass is 9.75. The molecule has 0 unspecified atom stereocenters. The van der Waals surface area contributed by atoms with Gasteiger partial charge >= 0.3 is 0 Å². The molecule has 1 heterocycles. The Morgan fingerprint density at radius 2 is 1.84 bits per heavy atom. The molecule has 19 heavy (non-hydrogen) atoms. The van der Waals surface area contributed by atoms with Crippen LogP contribution in [0.5, 0.6) is 0 Å². The van der Waals surface area contributed by atoms with E-state index in [2.05, 4.69) is 31.7 Å². The van der Waals surface area contributed by atoms with Gasteiger partial charge in [-0.05, 0) is 35.8 Å². The largest absolute Gasteiger partial charge is 0.370 e. The fraction of sp³-hybridized carbons (Fsp3) is 0.625. The number of hydrogen-bond donors (Lipinski definition) is 0. The first-order valence-electron chi connectivity index (χ1n) is 7.02. The fourth-order valence-corrected chi connectivity index (χ4v) is 3.52. The lowest BCUT2D eigenvalue weighted by Crippen LogP contribution is -2.38. The van der Waals surface area contributed by atoms with Gasteiger partial charge in [0.25, 0.3) is 0 Å². The fourth-order valence-electron chi connectivity index (χ4n) is 2.99. The lowest BCUT2D eigenvalue weighted by Gasteiger charge is -2.40. The SMILES string of the molecule is CC(C)(C)C1CCN(c2c(Cl)cccc2CCl)CC1. The first-order chi connectivity index (χ1) is 8.93. The van der Waals surface area contributed by atoms with Gasteiger partial charge in [0.15, 0.2) is 0 Å². The Morgan fingerprint density at radius 3 is 2.37 bits per heavy atom. The van der Waals surface area contributed by atoms with E-state index >= 15 is 0 Å². The maximum absolute atomic E-state index is 6.37. The van der Waals surface area contributed by atoms with Crippen molar-refractivity contribution < 1.29 is 0 Å². The van der Waals surface area contributed by atoms with Crippen molar-refractivity contribution in [2.45, 2.75) is 39.5 Å². The molecule has 0 amide bonds. The topological polar surface area (TPSA) is 3.24 Å². The standard InChI is InChI=1S/C16H23Cl2N/c1-16(2,3)13-7-9-19(10-8-13)15-12(11-17)5-4-6-14(15)18/h4-6,13H,7-11H2,1-3H3. The second-order valence-electron chi connectivity index (χ2n) is 6.51. The highest BCUT2D eigenvalue weighted by molar-refractivity contribution is 6.33. The average Bonchev–Trinajstić information content (AvgIpc) is 2.37. The Morgan fingerprint density at radius 1 is 1.21 bits per heavy atom. The quantitative estimate of drug-likeness (QED) is 0.666.